The van der Waals surface area contributed by atoms with Crippen LogP contribution in [0.25, 0.3) is 0 Å². The molecule has 0 aliphatic heterocycles. The summed E-state index contributed by atoms with van der Waals surface area (Å²) in [6.45, 7) is 6.58. The maximum absolute atomic E-state index is 10.7. The number of rotatable bonds is 2. The highest BCUT2D eigenvalue weighted by molar-refractivity contribution is 5.86. The average Bonchev–Trinajstić information content (AvgIpc) is 2.01. The summed E-state index contributed by atoms with van der Waals surface area (Å²) in [5.74, 6) is -0.369. The first kappa shape index (κ1) is 11.0. The van der Waals surface area contributed by atoms with Crippen molar-refractivity contribution in [3.63, 3.8) is 0 Å². The molecule has 0 radical (unpaired) electrons. The van der Waals surface area contributed by atoms with Crippen LogP contribution in [0.15, 0.2) is 23.3 Å². The van der Waals surface area contributed by atoms with Crippen LogP contribution < -0.4 is 5.73 Å². The van der Waals surface area contributed by atoms with Gasteiger partial charge in [-0.25, -0.2) is 0 Å². The van der Waals surface area contributed by atoms with Gasteiger partial charge in [0.2, 0.25) is 5.91 Å². The van der Waals surface area contributed by atoms with Crippen molar-refractivity contribution in [1.82, 2.24) is 0 Å². The normalized spacial score (nSPS) is 21.6. The van der Waals surface area contributed by atoms with Gasteiger partial charge in [-0.05, 0) is 37.2 Å². The summed E-state index contributed by atoms with van der Waals surface area (Å²) in [6, 6.07) is 0. The predicted molar refractivity (Wildman–Crippen MR) is 58.7 cm³/mol. The summed E-state index contributed by atoms with van der Waals surface area (Å²) in [5.41, 5.74) is 7.95. The minimum atomic E-state index is -0.369. The SMILES string of the molecule is CC1=C(C=CC(N)=O)C(C)(C)CCC1. The van der Waals surface area contributed by atoms with Gasteiger partial charge < -0.3 is 5.73 Å². The lowest BCUT2D eigenvalue weighted by Gasteiger charge is -2.32. The van der Waals surface area contributed by atoms with Gasteiger partial charge in [0.1, 0.15) is 0 Å². The first-order chi connectivity index (χ1) is 6.43. The Kier molecular flexibility index (Phi) is 3.14. The van der Waals surface area contributed by atoms with Gasteiger partial charge in [0, 0.05) is 6.08 Å². The summed E-state index contributed by atoms with van der Waals surface area (Å²) < 4.78 is 0. The van der Waals surface area contributed by atoms with Gasteiger partial charge in [-0.2, -0.15) is 0 Å². The van der Waals surface area contributed by atoms with Gasteiger partial charge >= 0.3 is 0 Å². The number of primary amides is 1. The molecule has 0 atom stereocenters. The lowest BCUT2D eigenvalue weighted by molar-refractivity contribution is -0.113. The number of hydrogen-bond donors (Lipinski definition) is 1. The van der Waals surface area contributed by atoms with Crippen molar-refractivity contribution in [2.45, 2.75) is 40.0 Å². The predicted octanol–water partition coefficient (Wildman–Crippen LogP) is 2.55. The molecule has 2 heteroatoms. The number of amides is 1. The molecule has 0 aromatic carbocycles. The zero-order chi connectivity index (χ0) is 10.8. The lowest BCUT2D eigenvalue weighted by Crippen LogP contribution is -2.19. The fourth-order valence-corrected chi connectivity index (χ4v) is 2.18. The van der Waals surface area contributed by atoms with Crippen molar-refractivity contribution < 1.29 is 4.79 Å². The van der Waals surface area contributed by atoms with Crippen LogP contribution in [0.1, 0.15) is 40.0 Å². The number of allylic oxidation sites excluding steroid dienone is 3. The summed E-state index contributed by atoms with van der Waals surface area (Å²) in [6.07, 6.45) is 6.92. The van der Waals surface area contributed by atoms with Crippen molar-refractivity contribution in [2.24, 2.45) is 11.1 Å². The largest absolute Gasteiger partial charge is 0.366 e. The molecule has 0 saturated carbocycles. The molecule has 0 fully saturated rings. The maximum Gasteiger partial charge on any atom is 0.241 e. The number of carbonyl (C=O) groups is 1. The molecule has 0 heterocycles. The first-order valence-electron chi connectivity index (χ1n) is 5.11. The maximum atomic E-state index is 10.7. The molecule has 0 aromatic rings. The monoisotopic (exact) mass is 193 g/mol. The fourth-order valence-electron chi connectivity index (χ4n) is 2.18. The third kappa shape index (κ3) is 2.47. The van der Waals surface area contributed by atoms with E-state index in [0.717, 1.165) is 6.42 Å². The molecule has 0 bridgehead atoms. The van der Waals surface area contributed by atoms with Gasteiger partial charge in [-0.3, -0.25) is 4.79 Å². The van der Waals surface area contributed by atoms with Crippen molar-refractivity contribution in [2.75, 3.05) is 0 Å². The van der Waals surface area contributed by atoms with Gasteiger partial charge in [0.15, 0.2) is 0 Å². The van der Waals surface area contributed by atoms with Crippen LogP contribution in [0.4, 0.5) is 0 Å². The Balaban J connectivity index is 2.96. The van der Waals surface area contributed by atoms with Crippen LogP contribution >= 0.6 is 0 Å². The third-order valence-electron chi connectivity index (χ3n) is 2.96. The van der Waals surface area contributed by atoms with Crippen molar-refractivity contribution >= 4 is 5.91 Å². The second-order valence-electron chi connectivity index (χ2n) is 4.67. The molecular formula is C12H19NO. The topological polar surface area (TPSA) is 43.1 Å². The Morgan fingerprint density at radius 2 is 2.14 bits per heavy atom. The van der Waals surface area contributed by atoms with E-state index in [-0.39, 0.29) is 11.3 Å². The highest BCUT2D eigenvalue weighted by Crippen LogP contribution is 2.40. The molecule has 2 nitrogen and oxygen atoms in total. The van der Waals surface area contributed by atoms with Crippen molar-refractivity contribution in [1.29, 1.82) is 0 Å². The molecule has 0 spiro atoms. The third-order valence-corrected chi connectivity index (χ3v) is 2.96. The summed E-state index contributed by atoms with van der Waals surface area (Å²) in [7, 11) is 0. The Bertz CT molecular complexity index is 297. The molecule has 1 aliphatic carbocycles. The molecule has 0 aromatic heterocycles. The summed E-state index contributed by atoms with van der Waals surface area (Å²) in [5, 5.41) is 0. The van der Waals surface area contributed by atoms with E-state index >= 15 is 0 Å². The molecule has 78 valence electrons. The Hall–Kier alpha value is -1.05. The van der Waals surface area contributed by atoms with E-state index in [9.17, 15) is 4.79 Å². The number of nitrogens with two attached hydrogens (primary N) is 1. The average molecular weight is 193 g/mol. The molecule has 0 saturated heterocycles. The zero-order valence-corrected chi connectivity index (χ0v) is 9.26. The highest BCUT2D eigenvalue weighted by atomic mass is 16.1. The van der Waals surface area contributed by atoms with Gasteiger partial charge in [0.25, 0.3) is 0 Å². The standard InChI is InChI=1S/C12H19NO/c1-9-5-4-8-12(2,3)10(9)6-7-11(13)14/h6-7H,4-5,8H2,1-3H3,(H2,13,14). The number of hydrogen-bond acceptors (Lipinski definition) is 1. The summed E-state index contributed by atoms with van der Waals surface area (Å²) >= 11 is 0. The van der Waals surface area contributed by atoms with Crippen molar-refractivity contribution in [3.05, 3.63) is 23.3 Å². The van der Waals surface area contributed by atoms with Gasteiger partial charge in [0.05, 0.1) is 0 Å². The van der Waals surface area contributed by atoms with E-state index in [2.05, 4.69) is 20.8 Å². The van der Waals surface area contributed by atoms with E-state index in [4.69, 9.17) is 5.73 Å². The smallest absolute Gasteiger partial charge is 0.241 e. The molecule has 14 heavy (non-hydrogen) atoms. The second kappa shape index (κ2) is 3.99. The van der Waals surface area contributed by atoms with Crippen LogP contribution in [0.3, 0.4) is 0 Å². The Labute approximate surface area is 85.9 Å². The fraction of sp³-hybridized carbons (Fsp3) is 0.583. The zero-order valence-electron chi connectivity index (χ0n) is 9.26. The van der Waals surface area contributed by atoms with Crippen LogP contribution in [0.2, 0.25) is 0 Å². The molecule has 2 N–H and O–H groups in total. The van der Waals surface area contributed by atoms with Gasteiger partial charge in [-0.1, -0.05) is 25.5 Å². The van der Waals surface area contributed by atoms with E-state index in [1.54, 1.807) is 0 Å². The molecule has 1 rings (SSSR count). The summed E-state index contributed by atoms with van der Waals surface area (Å²) in [4.78, 5) is 10.7. The van der Waals surface area contributed by atoms with Gasteiger partial charge in [-0.15, -0.1) is 0 Å². The van der Waals surface area contributed by atoms with E-state index in [1.165, 1.54) is 30.1 Å². The molecular weight excluding hydrogens is 174 g/mol. The van der Waals surface area contributed by atoms with E-state index < -0.39 is 0 Å². The second-order valence-corrected chi connectivity index (χ2v) is 4.67. The van der Waals surface area contributed by atoms with E-state index in [1.807, 2.05) is 6.08 Å². The van der Waals surface area contributed by atoms with Crippen molar-refractivity contribution in [3.8, 4) is 0 Å². The minimum Gasteiger partial charge on any atom is -0.366 e. The Morgan fingerprint density at radius 1 is 1.50 bits per heavy atom. The molecule has 1 aliphatic rings. The van der Waals surface area contributed by atoms with E-state index in [0.29, 0.717) is 0 Å². The van der Waals surface area contributed by atoms with Crippen LogP contribution in [-0.2, 0) is 4.79 Å². The van der Waals surface area contributed by atoms with Crippen LogP contribution in [0.5, 0.6) is 0 Å². The first-order valence-corrected chi connectivity index (χ1v) is 5.11. The highest BCUT2D eigenvalue weighted by Gasteiger charge is 2.26. The Morgan fingerprint density at radius 3 is 2.64 bits per heavy atom. The molecule has 1 amide bonds. The molecule has 0 unspecified atom stereocenters. The lowest BCUT2D eigenvalue weighted by atomic mass is 9.73. The quantitative estimate of drug-likeness (QED) is 0.673. The minimum absolute atomic E-state index is 0.189. The van der Waals surface area contributed by atoms with Crippen LogP contribution in [-0.4, -0.2) is 5.91 Å². The number of carbonyl (C=O) groups excluding carboxylic acids is 1. The van der Waals surface area contributed by atoms with Crippen LogP contribution in [0, 0.1) is 5.41 Å².